The van der Waals surface area contributed by atoms with Gasteiger partial charge in [0.2, 0.25) is 0 Å². The van der Waals surface area contributed by atoms with Crippen LogP contribution in [0.15, 0.2) is 18.6 Å². The van der Waals surface area contributed by atoms with Crippen molar-refractivity contribution in [1.82, 2.24) is 14.5 Å². The Kier molecular flexibility index (Phi) is 3.28. The lowest BCUT2D eigenvalue weighted by atomic mass is 9.82. The number of fused-ring (bicyclic) bond motifs is 1. The van der Waals surface area contributed by atoms with Crippen LogP contribution in [0.5, 0.6) is 0 Å². The molecule has 4 nitrogen and oxygen atoms in total. The zero-order valence-electron chi connectivity index (χ0n) is 11.9. The molecular formula is C14H22N4. The molecule has 2 aromatic rings. The van der Waals surface area contributed by atoms with Crippen molar-refractivity contribution in [2.24, 2.45) is 18.4 Å². The summed E-state index contributed by atoms with van der Waals surface area (Å²) in [6.07, 6.45) is 3.65. The van der Waals surface area contributed by atoms with Crippen molar-refractivity contribution in [3.63, 3.8) is 0 Å². The van der Waals surface area contributed by atoms with Crippen LogP contribution in [0.25, 0.3) is 11.0 Å². The zero-order valence-corrected chi connectivity index (χ0v) is 11.9. The summed E-state index contributed by atoms with van der Waals surface area (Å²) in [7, 11) is 2.00. The fourth-order valence-corrected chi connectivity index (χ4v) is 1.75. The number of imidazole rings is 1. The van der Waals surface area contributed by atoms with Crippen LogP contribution in [0.1, 0.15) is 27.7 Å². The molecule has 0 aliphatic rings. The molecule has 0 aliphatic carbocycles. The van der Waals surface area contributed by atoms with E-state index < -0.39 is 0 Å². The quantitative estimate of drug-likeness (QED) is 0.905. The molecule has 4 heteroatoms. The highest BCUT2D eigenvalue weighted by Gasteiger charge is 2.20. The first-order valence-corrected chi connectivity index (χ1v) is 6.39. The van der Waals surface area contributed by atoms with Crippen molar-refractivity contribution < 1.29 is 0 Å². The third-order valence-corrected chi connectivity index (χ3v) is 3.70. The molecule has 0 saturated carbocycles. The number of aromatic nitrogens is 3. The lowest BCUT2D eigenvalue weighted by Crippen LogP contribution is -2.25. The number of nitrogens with one attached hydrogen (secondary N) is 1. The Balaban J connectivity index is 2.18. The second kappa shape index (κ2) is 4.59. The van der Waals surface area contributed by atoms with E-state index in [1.807, 2.05) is 30.2 Å². The lowest BCUT2D eigenvalue weighted by Gasteiger charge is -2.27. The Hall–Kier alpha value is -1.58. The largest absolute Gasteiger partial charge is 0.368 e. The minimum Gasteiger partial charge on any atom is -0.368 e. The molecule has 0 spiro atoms. The van der Waals surface area contributed by atoms with Gasteiger partial charge in [0.15, 0.2) is 5.82 Å². The summed E-state index contributed by atoms with van der Waals surface area (Å²) in [6, 6.07) is 1.99. The zero-order chi connectivity index (χ0) is 13.3. The van der Waals surface area contributed by atoms with E-state index in [1.54, 1.807) is 0 Å². The summed E-state index contributed by atoms with van der Waals surface area (Å²) in [5, 5.41) is 3.42. The predicted octanol–water partition coefficient (Wildman–Crippen LogP) is 3.06. The number of pyridine rings is 1. The maximum atomic E-state index is 4.40. The van der Waals surface area contributed by atoms with Crippen LogP contribution >= 0.6 is 0 Å². The topological polar surface area (TPSA) is 42.7 Å². The third kappa shape index (κ3) is 2.47. The van der Waals surface area contributed by atoms with Crippen molar-refractivity contribution in [2.45, 2.75) is 27.7 Å². The highest BCUT2D eigenvalue weighted by atomic mass is 15.1. The molecule has 2 heterocycles. The Bertz CT molecular complexity index is 536. The molecule has 1 N–H and O–H groups in total. The van der Waals surface area contributed by atoms with Crippen LogP contribution in [0.4, 0.5) is 5.82 Å². The van der Waals surface area contributed by atoms with E-state index in [0.29, 0.717) is 11.3 Å². The second-order valence-corrected chi connectivity index (χ2v) is 6.03. The fraction of sp³-hybridized carbons (Fsp3) is 0.571. The van der Waals surface area contributed by atoms with Gasteiger partial charge in [0.05, 0.1) is 11.8 Å². The number of anilines is 1. The first kappa shape index (κ1) is 12.9. The number of hydrogen-bond donors (Lipinski definition) is 1. The summed E-state index contributed by atoms with van der Waals surface area (Å²) in [5.74, 6) is 1.45. The van der Waals surface area contributed by atoms with E-state index in [9.17, 15) is 0 Å². The van der Waals surface area contributed by atoms with Crippen LogP contribution in [0.2, 0.25) is 0 Å². The maximum absolute atomic E-state index is 4.40. The molecule has 1 unspecified atom stereocenters. The molecule has 0 saturated heterocycles. The average Bonchev–Trinajstić information content (AvgIpc) is 2.67. The van der Waals surface area contributed by atoms with Gasteiger partial charge in [-0.25, -0.2) is 9.97 Å². The highest BCUT2D eigenvalue weighted by Crippen LogP contribution is 2.26. The molecule has 0 fully saturated rings. The van der Waals surface area contributed by atoms with Crippen LogP contribution < -0.4 is 5.32 Å². The summed E-state index contributed by atoms with van der Waals surface area (Å²) >= 11 is 0. The first-order valence-electron chi connectivity index (χ1n) is 6.39. The molecule has 0 aromatic carbocycles. The summed E-state index contributed by atoms with van der Waals surface area (Å²) < 4.78 is 2.01. The summed E-state index contributed by atoms with van der Waals surface area (Å²) in [5.41, 5.74) is 2.35. The van der Waals surface area contributed by atoms with Crippen LogP contribution in [-0.4, -0.2) is 21.1 Å². The Morgan fingerprint density at radius 2 is 2.06 bits per heavy atom. The summed E-state index contributed by atoms with van der Waals surface area (Å²) in [4.78, 5) is 8.78. The van der Waals surface area contributed by atoms with Gasteiger partial charge in [0, 0.05) is 19.8 Å². The second-order valence-electron chi connectivity index (χ2n) is 6.03. The van der Waals surface area contributed by atoms with Gasteiger partial charge in [-0.05, 0) is 17.4 Å². The van der Waals surface area contributed by atoms with Crippen molar-refractivity contribution >= 4 is 16.9 Å². The lowest BCUT2D eigenvalue weighted by molar-refractivity contribution is 0.274. The highest BCUT2D eigenvalue weighted by molar-refractivity contribution is 5.85. The molecular weight excluding hydrogens is 224 g/mol. The normalized spacial score (nSPS) is 13.8. The molecule has 2 aromatic heterocycles. The standard InChI is InChI=1S/C14H22N4/c1-10(14(2,3)4)8-16-13-12-11(6-7-15-13)18(5)9-17-12/h6-7,9-10H,8H2,1-5H3,(H,15,16). The predicted molar refractivity (Wildman–Crippen MR) is 75.6 cm³/mol. The van der Waals surface area contributed by atoms with E-state index >= 15 is 0 Å². The van der Waals surface area contributed by atoms with Gasteiger partial charge in [-0.2, -0.15) is 0 Å². The van der Waals surface area contributed by atoms with Gasteiger partial charge in [-0.15, -0.1) is 0 Å². The number of rotatable bonds is 3. The van der Waals surface area contributed by atoms with Crippen LogP contribution in [0, 0.1) is 11.3 Å². The SMILES string of the molecule is CC(CNc1nccc2c1ncn2C)C(C)(C)C. The molecule has 0 aliphatic heterocycles. The number of aryl methyl sites for hydroxylation is 1. The Morgan fingerprint density at radius 1 is 1.33 bits per heavy atom. The van der Waals surface area contributed by atoms with E-state index in [2.05, 4.69) is 43.0 Å². The minimum atomic E-state index is 0.297. The van der Waals surface area contributed by atoms with Gasteiger partial charge in [-0.3, -0.25) is 0 Å². The summed E-state index contributed by atoms with van der Waals surface area (Å²) in [6.45, 7) is 9.94. The molecule has 2 rings (SSSR count). The van der Waals surface area contributed by atoms with Gasteiger partial charge >= 0.3 is 0 Å². The van der Waals surface area contributed by atoms with Crippen molar-refractivity contribution in [2.75, 3.05) is 11.9 Å². The van der Waals surface area contributed by atoms with E-state index in [4.69, 9.17) is 0 Å². The van der Waals surface area contributed by atoms with Crippen molar-refractivity contribution in [3.05, 3.63) is 18.6 Å². The third-order valence-electron chi connectivity index (χ3n) is 3.70. The molecule has 0 amide bonds. The molecule has 1 atom stereocenters. The van der Waals surface area contributed by atoms with E-state index in [0.717, 1.165) is 23.4 Å². The first-order chi connectivity index (χ1) is 8.39. The van der Waals surface area contributed by atoms with Crippen molar-refractivity contribution in [3.8, 4) is 0 Å². The van der Waals surface area contributed by atoms with E-state index in [1.165, 1.54) is 0 Å². The van der Waals surface area contributed by atoms with Crippen LogP contribution in [0.3, 0.4) is 0 Å². The minimum absolute atomic E-state index is 0.297. The Morgan fingerprint density at radius 3 is 2.72 bits per heavy atom. The monoisotopic (exact) mass is 246 g/mol. The van der Waals surface area contributed by atoms with E-state index in [-0.39, 0.29) is 0 Å². The number of nitrogens with zero attached hydrogens (tertiary/aromatic N) is 3. The van der Waals surface area contributed by atoms with Gasteiger partial charge in [0.25, 0.3) is 0 Å². The van der Waals surface area contributed by atoms with Gasteiger partial charge in [-0.1, -0.05) is 27.7 Å². The molecule has 18 heavy (non-hydrogen) atoms. The van der Waals surface area contributed by atoms with Gasteiger partial charge < -0.3 is 9.88 Å². The molecule has 0 bridgehead atoms. The molecule has 98 valence electrons. The maximum Gasteiger partial charge on any atom is 0.154 e. The number of hydrogen-bond acceptors (Lipinski definition) is 3. The van der Waals surface area contributed by atoms with Gasteiger partial charge in [0.1, 0.15) is 5.52 Å². The van der Waals surface area contributed by atoms with Crippen molar-refractivity contribution in [1.29, 1.82) is 0 Å². The average molecular weight is 246 g/mol. The van der Waals surface area contributed by atoms with Crippen LogP contribution in [-0.2, 0) is 7.05 Å². The fourth-order valence-electron chi connectivity index (χ4n) is 1.75. The Labute approximate surface area is 108 Å². The smallest absolute Gasteiger partial charge is 0.154 e. The molecule has 0 radical (unpaired) electrons.